The molecular weight excluding hydrogens is 262 g/mol. The van der Waals surface area contributed by atoms with Crippen molar-refractivity contribution in [2.24, 2.45) is 0 Å². The van der Waals surface area contributed by atoms with Gasteiger partial charge in [0.1, 0.15) is 17.3 Å². The van der Waals surface area contributed by atoms with Gasteiger partial charge in [-0.05, 0) is 58.4 Å². The van der Waals surface area contributed by atoms with Crippen molar-refractivity contribution in [3.8, 4) is 5.75 Å². The van der Waals surface area contributed by atoms with Gasteiger partial charge in [-0.3, -0.25) is 0 Å². The van der Waals surface area contributed by atoms with Crippen LogP contribution >= 0.6 is 0 Å². The summed E-state index contributed by atoms with van der Waals surface area (Å²) in [5.74, 6) is 2.94. The first-order valence-electron chi connectivity index (χ1n) is 7.35. The molecule has 0 aliphatic heterocycles. The standard InChI is InChI=1S/C18H25NO2/c1-11-7-8-17(20-6)15(9-11)10-16(19-5)18-12(2)13(3)21-14(18)4/h7-9,16,19H,10H2,1-6H3. The Morgan fingerprint density at radius 3 is 2.38 bits per heavy atom. The normalized spacial score (nSPS) is 12.5. The molecule has 0 fully saturated rings. The molecule has 1 aromatic heterocycles. The molecule has 0 saturated carbocycles. The van der Waals surface area contributed by atoms with E-state index in [9.17, 15) is 0 Å². The lowest BCUT2D eigenvalue weighted by atomic mass is 9.94. The summed E-state index contributed by atoms with van der Waals surface area (Å²) in [4.78, 5) is 0. The molecule has 0 saturated heterocycles. The lowest BCUT2D eigenvalue weighted by Crippen LogP contribution is -2.20. The molecule has 1 aromatic carbocycles. The molecule has 3 nitrogen and oxygen atoms in total. The monoisotopic (exact) mass is 287 g/mol. The maximum absolute atomic E-state index is 5.77. The summed E-state index contributed by atoms with van der Waals surface area (Å²) >= 11 is 0. The summed E-state index contributed by atoms with van der Waals surface area (Å²) in [5, 5.41) is 3.42. The van der Waals surface area contributed by atoms with Gasteiger partial charge in [0.15, 0.2) is 0 Å². The molecule has 2 rings (SSSR count). The smallest absolute Gasteiger partial charge is 0.122 e. The number of aryl methyl sites for hydroxylation is 3. The third kappa shape index (κ3) is 3.13. The fourth-order valence-electron chi connectivity index (χ4n) is 2.96. The second kappa shape index (κ2) is 6.35. The third-order valence-electron chi connectivity index (χ3n) is 4.17. The highest BCUT2D eigenvalue weighted by Gasteiger charge is 2.21. The molecule has 2 aromatic rings. The first-order chi connectivity index (χ1) is 9.97. The molecule has 1 unspecified atom stereocenters. The van der Waals surface area contributed by atoms with E-state index >= 15 is 0 Å². The number of furan rings is 1. The summed E-state index contributed by atoms with van der Waals surface area (Å²) < 4.78 is 11.3. The van der Waals surface area contributed by atoms with Crippen LogP contribution in [0.25, 0.3) is 0 Å². The number of likely N-dealkylation sites (N-methyl/N-ethyl adjacent to an activating group) is 1. The van der Waals surface area contributed by atoms with Crippen molar-refractivity contribution in [3.63, 3.8) is 0 Å². The summed E-state index contributed by atoms with van der Waals surface area (Å²) in [6, 6.07) is 6.53. The van der Waals surface area contributed by atoms with E-state index in [0.29, 0.717) is 0 Å². The van der Waals surface area contributed by atoms with Crippen LogP contribution in [-0.2, 0) is 6.42 Å². The minimum Gasteiger partial charge on any atom is -0.496 e. The van der Waals surface area contributed by atoms with E-state index < -0.39 is 0 Å². The van der Waals surface area contributed by atoms with Crippen LogP contribution in [0.1, 0.15) is 39.8 Å². The van der Waals surface area contributed by atoms with Crippen molar-refractivity contribution in [2.45, 2.75) is 40.2 Å². The van der Waals surface area contributed by atoms with Crippen LogP contribution in [0.15, 0.2) is 22.6 Å². The van der Waals surface area contributed by atoms with Gasteiger partial charge in [0.2, 0.25) is 0 Å². The van der Waals surface area contributed by atoms with Crippen molar-refractivity contribution >= 4 is 0 Å². The Hall–Kier alpha value is -1.74. The predicted molar refractivity (Wildman–Crippen MR) is 86.2 cm³/mol. The number of rotatable bonds is 5. The molecule has 3 heteroatoms. The van der Waals surface area contributed by atoms with Gasteiger partial charge in [0.25, 0.3) is 0 Å². The van der Waals surface area contributed by atoms with Gasteiger partial charge in [-0.1, -0.05) is 17.7 Å². The van der Waals surface area contributed by atoms with Crippen LogP contribution < -0.4 is 10.1 Å². The Balaban J connectivity index is 2.38. The second-order valence-electron chi connectivity index (χ2n) is 5.61. The number of nitrogens with one attached hydrogen (secondary N) is 1. The number of methoxy groups -OCH3 is 1. The van der Waals surface area contributed by atoms with Crippen LogP contribution in [0, 0.1) is 27.7 Å². The Morgan fingerprint density at radius 2 is 1.86 bits per heavy atom. The van der Waals surface area contributed by atoms with E-state index in [2.05, 4.69) is 31.3 Å². The van der Waals surface area contributed by atoms with Crippen LogP contribution in [0.2, 0.25) is 0 Å². The number of hydrogen-bond donors (Lipinski definition) is 1. The van der Waals surface area contributed by atoms with E-state index in [-0.39, 0.29) is 6.04 Å². The predicted octanol–water partition coefficient (Wildman–Crippen LogP) is 4.03. The molecule has 1 atom stereocenters. The van der Waals surface area contributed by atoms with Gasteiger partial charge in [0.05, 0.1) is 7.11 Å². The molecule has 1 heterocycles. The van der Waals surface area contributed by atoms with Crippen LogP contribution in [0.4, 0.5) is 0 Å². The summed E-state index contributed by atoms with van der Waals surface area (Å²) in [7, 11) is 3.72. The van der Waals surface area contributed by atoms with E-state index in [1.54, 1.807) is 7.11 Å². The highest BCUT2D eigenvalue weighted by molar-refractivity contribution is 5.40. The Labute approximate surface area is 127 Å². The highest BCUT2D eigenvalue weighted by atomic mass is 16.5. The fourth-order valence-corrected chi connectivity index (χ4v) is 2.96. The van der Waals surface area contributed by atoms with Crippen LogP contribution in [0.5, 0.6) is 5.75 Å². The van der Waals surface area contributed by atoms with Gasteiger partial charge < -0.3 is 14.5 Å². The van der Waals surface area contributed by atoms with Crippen molar-refractivity contribution in [3.05, 3.63) is 52.0 Å². The molecule has 21 heavy (non-hydrogen) atoms. The lowest BCUT2D eigenvalue weighted by Gasteiger charge is -2.19. The zero-order valence-electron chi connectivity index (χ0n) is 13.8. The first kappa shape index (κ1) is 15.6. The van der Waals surface area contributed by atoms with Crippen molar-refractivity contribution in [2.75, 3.05) is 14.2 Å². The Bertz CT molecular complexity index is 628. The maximum Gasteiger partial charge on any atom is 0.122 e. The third-order valence-corrected chi connectivity index (χ3v) is 4.17. The fraction of sp³-hybridized carbons (Fsp3) is 0.444. The molecule has 0 radical (unpaired) electrons. The number of ether oxygens (including phenoxy) is 1. The van der Waals surface area contributed by atoms with E-state index in [1.807, 2.05) is 27.0 Å². The molecule has 0 aliphatic rings. The minimum atomic E-state index is 0.221. The van der Waals surface area contributed by atoms with Crippen LogP contribution in [-0.4, -0.2) is 14.2 Å². The van der Waals surface area contributed by atoms with Gasteiger partial charge in [-0.25, -0.2) is 0 Å². The van der Waals surface area contributed by atoms with Gasteiger partial charge in [0, 0.05) is 11.6 Å². The summed E-state index contributed by atoms with van der Waals surface area (Å²) in [6.45, 7) is 8.29. The van der Waals surface area contributed by atoms with Crippen molar-refractivity contribution in [1.82, 2.24) is 5.32 Å². The maximum atomic E-state index is 5.77. The quantitative estimate of drug-likeness (QED) is 0.901. The average molecular weight is 287 g/mol. The molecule has 1 N–H and O–H groups in total. The highest BCUT2D eigenvalue weighted by Crippen LogP contribution is 2.31. The van der Waals surface area contributed by atoms with Crippen LogP contribution in [0.3, 0.4) is 0 Å². The second-order valence-corrected chi connectivity index (χ2v) is 5.61. The number of hydrogen-bond acceptors (Lipinski definition) is 3. The average Bonchev–Trinajstić information content (AvgIpc) is 2.70. The first-order valence-corrected chi connectivity index (χ1v) is 7.35. The van der Waals surface area contributed by atoms with Gasteiger partial charge >= 0.3 is 0 Å². The van der Waals surface area contributed by atoms with E-state index in [1.165, 1.54) is 22.3 Å². The lowest BCUT2D eigenvalue weighted by molar-refractivity contribution is 0.406. The minimum absolute atomic E-state index is 0.221. The zero-order valence-corrected chi connectivity index (χ0v) is 13.8. The Morgan fingerprint density at radius 1 is 1.14 bits per heavy atom. The Kier molecular flexibility index (Phi) is 4.73. The van der Waals surface area contributed by atoms with Gasteiger partial charge in [-0.15, -0.1) is 0 Å². The molecule has 114 valence electrons. The molecule has 0 spiro atoms. The molecule has 0 bridgehead atoms. The van der Waals surface area contributed by atoms with E-state index in [4.69, 9.17) is 9.15 Å². The van der Waals surface area contributed by atoms with Gasteiger partial charge in [-0.2, -0.15) is 0 Å². The largest absolute Gasteiger partial charge is 0.496 e. The summed E-state index contributed by atoms with van der Waals surface area (Å²) in [5.41, 5.74) is 4.96. The SMILES string of the molecule is CNC(Cc1cc(C)ccc1OC)c1c(C)oc(C)c1C. The topological polar surface area (TPSA) is 34.4 Å². The zero-order chi connectivity index (χ0) is 15.6. The summed E-state index contributed by atoms with van der Waals surface area (Å²) in [6.07, 6.45) is 0.877. The van der Waals surface area contributed by atoms with E-state index in [0.717, 1.165) is 23.7 Å². The van der Waals surface area contributed by atoms with Crippen molar-refractivity contribution < 1.29 is 9.15 Å². The molecule has 0 aliphatic carbocycles. The number of benzene rings is 1. The molecular formula is C18H25NO2. The van der Waals surface area contributed by atoms with Crippen molar-refractivity contribution in [1.29, 1.82) is 0 Å². The molecule has 0 amide bonds.